The zero-order valence-electron chi connectivity index (χ0n) is 12.0. The number of nitrogens with zero attached hydrogens (tertiary/aromatic N) is 1. The summed E-state index contributed by atoms with van der Waals surface area (Å²) in [6.45, 7) is 2.43. The number of hydrogen-bond donors (Lipinski definition) is 1. The summed E-state index contributed by atoms with van der Waals surface area (Å²) in [6, 6.07) is 7.44. The van der Waals surface area contributed by atoms with Crippen LogP contribution in [0.25, 0.3) is 0 Å². The molecular weight excluding hydrogens is 268 g/mol. The molecule has 3 rings (SSSR count). The molecule has 5 heteroatoms. The van der Waals surface area contributed by atoms with Crippen LogP contribution in [0.4, 0.5) is 0 Å². The largest absolute Gasteiger partial charge is 0.320 e. The first-order valence-corrected chi connectivity index (χ1v) is 7.32. The molecule has 1 saturated heterocycles. The first-order valence-electron chi connectivity index (χ1n) is 7.32. The number of nitrogens with one attached hydrogen (secondary N) is 1. The molecule has 0 spiro atoms. The number of rotatable bonds is 3. The predicted molar refractivity (Wildman–Crippen MR) is 76.3 cm³/mol. The van der Waals surface area contributed by atoms with Gasteiger partial charge in [0, 0.05) is 18.5 Å². The zero-order valence-corrected chi connectivity index (χ0v) is 12.0. The predicted octanol–water partition coefficient (Wildman–Crippen LogP) is 1.62. The fourth-order valence-corrected chi connectivity index (χ4v) is 3.38. The van der Waals surface area contributed by atoms with Crippen molar-refractivity contribution < 1.29 is 14.4 Å². The maximum absolute atomic E-state index is 12.7. The van der Waals surface area contributed by atoms with E-state index in [1.165, 1.54) is 0 Å². The molecule has 1 unspecified atom stereocenters. The van der Waals surface area contributed by atoms with Gasteiger partial charge in [0.25, 0.3) is 11.8 Å². The van der Waals surface area contributed by atoms with Crippen LogP contribution in [-0.2, 0) is 16.1 Å². The Morgan fingerprint density at radius 1 is 1.24 bits per heavy atom. The summed E-state index contributed by atoms with van der Waals surface area (Å²) in [5, 5.41) is 2.41. The van der Waals surface area contributed by atoms with E-state index in [-0.39, 0.29) is 24.1 Å². The highest BCUT2D eigenvalue weighted by atomic mass is 16.2. The van der Waals surface area contributed by atoms with Gasteiger partial charge in [0.1, 0.15) is 5.54 Å². The monoisotopic (exact) mass is 286 g/mol. The van der Waals surface area contributed by atoms with Crippen molar-refractivity contribution in [1.29, 1.82) is 0 Å². The average Bonchev–Trinajstić information content (AvgIpc) is 2.81. The van der Waals surface area contributed by atoms with Gasteiger partial charge in [-0.25, -0.2) is 0 Å². The highest BCUT2D eigenvalue weighted by molar-refractivity contribution is 6.07. The van der Waals surface area contributed by atoms with Gasteiger partial charge in [-0.05, 0) is 24.5 Å². The Morgan fingerprint density at radius 2 is 2.00 bits per heavy atom. The van der Waals surface area contributed by atoms with E-state index in [2.05, 4.69) is 5.32 Å². The fourth-order valence-electron chi connectivity index (χ4n) is 3.38. The number of carbonyl (C=O) groups is 3. The number of fused-ring (bicyclic) bond motifs is 1. The first kappa shape index (κ1) is 13.8. The summed E-state index contributed by atoms with van der Waals surface area (Å²) >= 11 is 0. The molecule has 1 fully saturated rings. The van der Waals surface area contributed by atoms with Gasteiger partial charge < -0.3 is 4.90 Å². The van der Waals surface area contributed by atoms with Crippen molar-refractivity contribution in [2.75, 3.05) is 0 Å². The van der Waals surface area contributed by atoms with E-state index in [0.717, 1.165) is 12.0 Å². The average molecular weight is 286 g/mol. The molecule has 2 aliphatic rings. The Hall–Kier alpha value is -2.17. The summed E-state index contributed by atoms with van der Waals surface area (Å²) in [5.41, 5.74) is 0.721. The Kier molecular flexibility index (Phi) is 3.27. The molecule has 1 aromatic carbocycles. The summed E-state index contributed by atoms with van der Waals surface area (Å²) in [5.74, 6) is -0.693. The van der Waals surface area contributed by atoms with Gasteiger partial charge in [-0.2, -0.15) is 0 Å². The summed E-state index contributed by atoms with van der Waals surface area (Å²) in [4.78, 5) is 38.2. The third-order valence-electron chi connectivity index (χ3n) is 4.44. The minimum Gasteiger partial charge on any atom is -0.320 e. The lowest BCUT2D eigenvalue weighted by molar-refractivity contribution is -0.143. The molecule has 1 N–H and O–H groups in total. The lowest BCUT2D eigenvalue weighted by atomic mass is 9.83. The third-order valence-corrected chi connectivity index (χ3v) is 4.44. The number of hydrogen-bond acceptors (Lipinski definition) is 3. The van der Waals surface area contributed by atoms with Crippen LogP contribution in [0.3, 0.4) is 0 Å². The van der Waals surface area contributed by atoms with Gasteiger partial charge >= 0.3 is 0 Å². The molecule has 3 amide bonds. The molecule has 2 aliphatic heterocycles. The highest BCUT2D eigenvalue weighted by Gasteiger charge is 2.50. The zero-order chi connectivity index (χ0) is 15.0. The first-order chi connectivity index (χ1) is 10.1. The van der Waals surface area contributed by atoms with Gasteiger partial charge in [0.2, 0.25) is 5.91 Å². The Labute approximate surface area is 123 Å². The van der Waals surface area contributed by atoms with Crippen LogP contribution >= 0.6 is 0 Å². The maximum Gasteiger partial charge on any atom is 0.255 e. The topological polar surface area (TPSA) is 66.5 Å². The lowest BCUT2D eigenvalue weighted by Crippen LogP contribution is -2.62. The van der Waals surface area contributed by atoms with Gasteiger partial charge in [-0.15, -0.1) is 0 Å². The van der Waals surface area contributed by atoms with Crippen LogP contribution < -0.4 is 5.32 Å². The molecule has 0 bridgehead atoms. The van der Waals surface area contributed by atoms with Crippen LogP contribution in [-0.4, -0.2) is 28.2 Å². The number of piperidine rings is 1. The van der Waals surface area contributed by atoms with Gasteiger partial charge in [0.15, 0.2) is 0 Å². The second kappa shape index (κ2) is 4.98. The molecule has 5 nitrogen and oxygen atoms in total. The van der Waals surface area contributed by atoms with Crippen LogP contribution in [0.15, 0.2) is 24.3 Å². The number of benzene rings is 1. The van der Waals surface area contributed by atoms with Crippen molar-refractivity contribution in [3.05, 3.63) is 35.4 Å². The minimum absolute atomic E-state index is 0.108. The van der Waals surface area contributed by atoms with Crippen molar-refractivity contribution in [1.82, 2.24) is 10.2 Å². The molecule has 110 valence electrons. The van der Waals surface area contributed by atoms with Crippen molar-refractivity contribution in [3.8, 4) is 0 Å². The van der Waals surface area contributed by atoms with Gasteiger partial charge in [-0.1, -0.05) is 31.5 Å². The number of amides is 3. The standard InChI is InChI=1S/C16H18N2O3/c1-2-8-16(9-7-13(19)17-15(16)21)18-10-11-5-3-4-6-12(11)14(18)20/h3-6H,2,7-10H2,1H3,(H,17,19,21). The molecule has 0 radical (unpaired) electrons. The normalized spacial score (nSPS) is 25.0. The van der Waals surface area contributed by atoms with Crippen molar-refractivity contribution in [3.63, 3.8) is 0 Å². The van der Waals surface area contributed by atoms with Crippen LogP contribution in [0.1, 0.15) is 48.5 Å². The number of carbonyl (C=O) groups excluding carboxylic acids is 3. The third kappa shape index (κ3) is 2.04. The van der Waals surface area contributed by atoms with E-state index in [9.17, 15) is 14.4 Å². The summed E-state index contributed by atoms with van der Waals surface area (Å²) < 4.78 is 0. The smallest absolute Gasteiger partial charge is 0.255 e. The molecule has 1 atom stereocenters. The quantitative estimate of drug-likeness (QED) is 0.859. The van der Waals surface area contributed by atoms with E-state index < -0.39 is 5.54 Å². The highest BCUT2D eigenvalue weighted by Crippen LogP contribution is 2.37. The van der Waals surface area contributed by atoms with Crippen LogP contribution in [0.2, 0.25) is 0 Å². The minimum atomic E-state index is -0.890. The van der Waals surface area contributed by atoms with E-state index in [0.29, 0.717) is 24.9 Å². The van der Waals surface area contributed by atoms with E-state index in [1.807, 2.05) is 25.1 Å². The van der Waals surface area contributed by atoms with Gasteiger partial charge in [-0.3, -0.25) is 19.7 Å². The fraction of sp³-hybridized carbons (Fsp3) is 0.438. The van der Waals surface area contributed by atoms with Crippen LogP contribution in [0.5, 0.6) is 0 Å². The van der Waals surface area contributed by atoms with Crippen molar-refractivity contribution >= 4 is 17.7 Å². The second-order valence-electron chi connectivity index (χ2n) is 5.71. The molecular formula is C16H18N2O3. The molecule has 21 heavy (non-hydrogen) atoms. The molecule has 0 aliphatic carbocycles. The Balaban J connectivity index is 1.98. The summed E-state index contributed by atoms with van der Waals surface area (Å²) in [6.07, 6.45) is 2.05. The Morgan fingerprint density at radius 3 is 2.67 bits per heavy atom. The SMILES string of the molecule is CCCC1(N2Cc3ccccc3C2=O)CCC(=O)NC1=O. The lowest BCUT2D eigenvalue weighted by Gasteiger charge is -2.42. The maximum atomic E-state index is 12.7. The van der Waals surface area contributed by atoms with Crippen LogP contribution in [0, 0.1) is 0 Å². The van der Waals surface area contributed by atoms with E-state index in [1.54, 1.807) is 11.0 Å². The van der Waals surface area contributed by atoms with Crippen molar-refractivity contribution in [2.45, 2.75) is 44.7 Å². The van der Waals surface area contributed by atoms with E-state index in [4.69, 9.17) is 0 Å². The van der Waals surface area contributed by atoms with E-state index >= 15 is 0 Å². The second-order valence-corrected chi connectivity index (χ2v) is 5.71. The molecule has 2 heterocycles. The Bertz CT molecular complexity index is 626. The molecule has 1 aromatic rings. The summed E-state index contributed by atoms with van der Waals surface area (Å²) in [7, 11) is 0. The molecule has 0 saturated carbocycles. The van der Waals surface area contributed by atoms with Crippen molar-refractivity contribution in [2.24, 2.45) is 0 Å². The molecule has 0 aromatic heterocycles. The number of imide groups is 1. The van der Waals surface area contributed by atoms with Gasteiger partial charge in [0.05, 0.1) is 0 Å².